The van der Waals surface area contributed by atoms with E-state index in [0.717, 1.165) is 16.5 Å². The molecular formula is C24H22N4O4. The number of pyridine rings is 1. The summed E-state index contributed by atoms with van der Waals surface area (Å²) in [6, 6.07) is 15.0. The number of hydrogen-bond acceptors (Lipinski definition) is 6. The molecule has 4 aromatic rings. The Morgan fingerprint density at radius 2 is 1.91 bits per heavy atom. The van der Waals surface area contributed by atoms with Crippen molar-refractivity contribution in [3.63, 3.8) is 0 Å². The maximum Gasteiger partial charge on any atom is 0.306 e. The van der Waals surface area contributed by atoms with Gasteiger partial charge in [-0.15, -0.1) is 0 Å². The Kier molecular flexibility index (Phi) is 6.21. The predicted octanol–water partition coefficient (Wildman–Crippen LogP) is 3.34. The second-order valence-corrected chi connectivity index (χ2v) is 7.33. The zero-order valence-corrected chi connectivity index (χ0v) is 17.6. The molecule has 0 aliphatic rings. The van der Waals surface area contributed by atoms with E-state index in [9.17, 15) is 14.4 Å². The van der Waals surface area contributed by atoms with Crippen LogP contribution in [-0.2, 0) is 20.7 Å². The smallest absolute Gasteiger partial charge is 0.306 e. The molecule has 2 heterocycles. The maximum absolute atomic E-state index is 12.4. The molecule has 1 amide bonds. The molecule has 0 aliphatic heterocycles. The maximum atomic E-state index is 12.4. The number of benzene rings is 2. The number of fused-ring (bicyclic) bond motifs is 2. The van der Waals surface area contributed by atoms with Crippen LogP contribution in [-0.4, -0.2) is 33.7 Å². The first-order valence-electron chi connectivity index (χ1n) is 10.3. The Labute approximate surface area is 183 Å². The summed E-state index contributed by atoms with van der Waals surface area (Å²) in [6.45, 7) is 1.99. The zero-order chi connectivity index (χ0) is 22.5. The third-order valence-corrected chi connectivity index (χ3v) is 5.03. The molecule has 8 heteroatoms. The van der Waals surface area contributed by atoms with E-state index >= 15 is 0 Å². The molecule has 0 unspecified atom stereocenters. The van der Waals surface area contributed by atoms with Crippen molar-refractivity contribution in [2.45, 2.75) is 26.2 Å². The van der Waals surface area contributed by atoms with Crippen molar-refractivity contribution < 1.29 is 14.3 Å². The van der Waals surface area contributed by atoms with Gasteiger partial charge in [-0.05, 0) is 36.8 Å². The molecule has 0 saturated heterocycles. The zero-order valence-electron chi connectivity index (χ0n) is 17.6. The number of anilines is 1. The van der Waals surface area contributed by atoms with Crippen LogP contribution in [0.3, 0.4) is 0 Å². The van der Waals surface area contributed by atoms with Crippen LogP contribution in [0.25, 0.3) is 21.7 Å². The van der Waals surface area contributed by atoms with Crippen LogP contribution in [0.15, 0.2) is 59.5 Å². The van der Waals surface area contributed by atoms with E-state index in [1.165, 1.54) is 0 Å². The fourth-order valence-electron chi connectivity index (χ4n) is 3.51. The molecule has 0 fully saturated rings. The number of carbonyl (C=O) groups is 2. The fraction of sp³-hybridized carbons (Fsp3) is 0.208. The average molecular weight is 430 g/mol. The van der Waals surface area contributed by atoms with Crippen molar-refractivity contribution in [2.24, 2.45) is 0 Å². The Hall–Kier alpha value is -4.07. The van der Waals surface area contributed by atoms with Crippen LogP contribution in [0.1, 0.15) is 31.0 Å². The lowest BCUT2D eigenvalue weighted by molar-refractivity contribution is -0.144. The van der Waals surface area contributed by atoms with E-state index in [1.54, 1.807) is 31.3 Å². The molecule has 8 nitrogen and oxygen atoms in total. The number of hydrogen-bond donors (Lipinski definition) is 2. The highest BCUT2D eigenvalue weighted by atomic mass is 16.5. The molecule has 0 radical (unpaired) electrons. The van der Waals surface area contributed by atoms with Crippen molar-refractivity contribution >= 4 is 39.2 Å². The molecule has 32 heavy (non-hydrogen) atoms. The largest absolute Gasteiger partial charge is 0.466 e. The van der Waals surface area contributed by atoms with Gasteiger partial charge in [0.05, 0.1) is 29.6 Å². The van der Waals surface area contributed by atoms with E-state index < -0.39 is 5.97 Å². The van der Waals surface area contributed by atoms with Gasteiger partial charge in [-0.1, -0.05) is 24.3 Å². The van der Waals surface area contributed by atoms with Gasteiger partial charge in [0.1, 0.15) is 0 Å². The number of aromatic amines is 1. The highest BCUT2D eigenvalue weighted by Crippen LogP contribution is 2.22. The van der Waals surface area contributed by atoms with Gasteiger partial charge < -0.3 is 10.1 Å². The molecule has 0 spiro atoms. The van der Waals surface area contributed by atoms with Crippen molar-refractivity contribution in [1.29, 1.82) is 0 Å². The molecule has 0 atom stereocenters. The number of nitrogens with one attached hydrogen (secondary N) is 2. The minimum atomic E-state index is -0.420. The van der Waals surface area contributed by atoms with Gasteiger partial charge in [0.2, 0.25) is 5.91 Å². The first-order valence-corrected chi connectivity index (χ1v) is 10.3. The molecule has 0 aliphatic carbocycles. The SMILES string of the molecule is CCOC(=O)CCC(=O)Nc1ccc2c(Cc3cnc4ccccc4c3)n[nH]c(=O)c2c1. The highest BCUT2D eigenvalue weighted by molar-refractivity contribution is 5.95. The minimum Gasteiger partial charge on any atom is -0.466 e. The van der Waals surface area contributed by atoms with Crippen molar-refractivity contribution in [3.8, 4) is 0 Å². The summed E-state index contributed by atoms with van der Waals surface area (Å²) >= 11 is 0. The Balaban J connectivity index is 1.55. The first-order chi connectivity index (χ1) is 15.5. The number of esters is 1. The standard InChI is InChI=1S/C24H22N4O4/c1-2-32-23(30)10-9-22(29)26-17-7-8-18-19(13-17)24(31)28-27-21(18)12-15-11-16-5-3-4-6-20(16)25-14-15/h3-8,11,13-14H,2,9-10,12H2,1H3,(H,26,29)(H,28,31). The van der Waals surface area contributed by atoms with Crippen LogP contribution in [0.2, 0.25) is 0 Å². The van der Waals surface area contributed by atoms with Gasteiger partial charge in [0, 0.05) is 35.5 Å². The van der Waals surface area contributed by atoms with Crippen molar-refractivity contribution in [3.05, 3.63) is 76.3 Å². The fourth-order valence-corrected chi connectivity index (χ4v) is 3.51. The quantitative estimate of drug-likeness (QED) is 0.435. The highest BCUT2D eigenvalue weighted by Gasteiger charge is 2.12. The van der Waals surface area contributed by atoms with E-state index in [1.807, 2.05) is 24.3 Å². The number of ether oxygens (including phenoxy) is 1. The summed E-state index contributed by atoms with van der Waals surface area (Å²) in [4.78, 5) is 40.4. The van der Waals surface area contributed by atoms with Crippen molar-refractivity contribution in [1.82, 2.24) is 15.2 Å². The van der Waals surface area contributed by atoms with Crippen LogP contribution in [0.5, 0.6) is 0 Å². The van der Waals surface area contributed by atoms with Gasteiger partial charge in [-0.2, -0.15) is 5.10 Å². The second kappa shape index (κ2) is 9.38. The molecule has 2 N–H and O–H groups in total. The van der Waals surface area contributed by atoms with Crippen LogP contribution >= 0.6 is 0 Å². The summed E-state index contributed by atoms with van der Waals surface area (Å²) < 4.78 is 4.83. The number of amides is 1. The topological polar surface area (TPSA) is 114 Å². The molecular weight excluding hydrogens is 408 g/mol. The van der Waals surface area contributed by atoms with E-state index in [0.29, 0.717) is 28.6 Å². The lowest BCUT2D eigenvalue weighted by Crippen LogP contribution is -2.16. The van der Waals surface area contributed by atoms with Gasteiger partial charge in [-0.3, -0.25) is 19.4 Å². The number of nitrogens with zero attached hydrogens (tertiary/aromatic N) is 2. The van der Waals surface area contributed by atoms with Gasteiger partial charge in [0.15, 0.2) is 0 Å². The van der Waals surface area contributed by atoms with Gasteiger partial charge >= 0.3 is 5.97 Å². The molecule has 2 aromatic carbocycles. The molecule has 162 valence electrons. The second-order valence-electron chi connectivity index (χ2n) is 7.33. The lowest BCUT2D eigenvalue weighted by Gasteiger charge is -2.09. The summed E-state index contributed by atoms with van der Waals surface area (Å²) in [5.74, 6) is -0.748. The Bertz CT molecular complexity index is 1360. The third-order valence-electron chi connectivity index (χ3n) is 5.03. The first kappa shape index (κ1) is 21.2. The van der Waals surface area contributed by atoms with Gasteiger partial charge in [-0.25, -0.2) is 5.10 Å². The third kappa shape index (κ3) is 4.80. The summed E-state index contributed by atoms with van der Waals surface area (Å²) in [5.41, 5.74) is 2.72. The Morgan fingerprint density at radius 3 is 2.75 bits per heavy atom. The normalized spacial score (nSPS) is 10.9. The molecule has 0 saturated carbocycles. The Morgan fingerprint density at radius 1 is 1.06 bits per heavy atom. The predicted molar refractivity (Wildman–Crippen MR) is 121 cm³/mol. The minimum absolute atomic E-state index is 0.00169. The van der Waals surface area contributed by atoms with E-state index in [-0.39, 0.29) is 30.9 Å². The summed E-state index contributed by atoms with van der Waals surface area (Å²) in [6.07, 6.45) is 2.31. The van der Waals surface area contributed by atoms with E-state index in [2.05, 4.69) is 26.6 Å². The number of aromatic nitrogens is 3. The van der Waals surface area contributed by atoms with Crippen LogP contribution in [0.4, 0.5) is 5.69 Å². The van der Waals surface area contributed by atoms with Crippen LogP contribution in [0, 0.1) is 0 Å². The summed E-state index contributed by atoms with van der Waals surface area (Å²) in [7, 11) is 0. The molecule has 4 rings (SSSR count). The number of H-pyrrole nitrogens is 1. The monoisotopic (exact) mass is 430 g/mol. The lowest BCUT2D eigenvalue weighted by atomic mass is 10.0. The number of rotatable bonds is 7. The number of carbonyl (C=O) groups excluding carboxylic acids is 2. The van der Waals surface area contributed by atoms with Crippen molar-refractivity contribution in [2.75, 3.05) is 11.9 Å². The molecule has 2 aromatic heterocycles. The average Bonchev–Trinajstić information content (AvgIpc) is 2.80. The van der Waals surface area contributed by atoms with E-state index in [4.69, 9.17) is 4.74 Å². The number of para-hydroxylation sites is 1. The van der Waals surface area contributed by atoms with Crippen LogP contribution < -0.4 is 10.9 Å². The molecule has 0 bridgehead atoms. The van der Waals surface area contributed by atoms with Gasteiger partial charge in [0.25, 0.3) is 5.56 Å². The summed E-state index contributed by atoms with van der Waals surface area (Å²) in [5, 5.41) is 11.6.